The van der Waals surface area contributed by atoms with Gasteiger partial charge in [-0.2, -0.15) is 4.98 Å². The zero-order valence-electron chi connectivity index (χ0n) is 22.5. The summed E-state index contributed by atoms with van der Waals surface area (Å²) in [6.45, 7) is 6.08. The number of phenols is 2. The number of allylic oxidation sites excluding steroid dienone is 4. The van der Waals surface area contributed by atoms with Crippen LogP contribution in [0.15, 0.2) is 51.9 Å². The van der Waals surface area contributed by atoms with Crippen LogP contribution in [0.3, 0.4) is 0 Å². The number of fused-ring (bicyclic) bond motifs is 3. The van der Waals surface area contributed by atoms with Gasteiger partial charge in [-0.3, -0.25) is 14.4 Å². The maximum Gasteiger partial charge on any atom is 0.228 e. The lowest BCUT2D eigenvalue weighted by Gasteiger charge is -2.29. The van der Waals surface area contributed by atoms with Crippen molar-refractivity contribution in [2.75, 3.05) is 13.7 Å². The lowest BCUT2D eigenvalue weighted by atomic mass is 9.70. The third-order valence-corrected chi connectivity index (χ3v) is 7.31. The Labute approximate surface area is 229 Å². The van der Waals surface area contributed by atoms with Crippen molar-refractivity contribution in [2.24, 2.45) is 0 Å². The second-order valence-corrected chi connectivity index (χ2v) is 9.80. The van der Waals surface area contributed by atoms with Crippen LogP contribution in [0.2, 0.25) is 0 Å². The molecule has 2 heterocycles. The van der Waals surface area contributed by atoms with E-state index in [0.29, 0.717) is 29.6 Å². The SMILES string of the molecule is COc1ccc(-c2noc(CCNC(C)=C3C(=O)C=C4Oc5c(C(C)=O)c(O)c(C)c(O)c5[C@@]4(C)C3=O)n2)cc1. The topological polar surface area (TPSA) is 161 Å². The molecule has 11 heteroatoms. The molecular formula is C29H27N3O8. The lowest BCUT2D eigenvalue weighted by molar-refractivity contribution is -0.123. The van der Waals surface area contributed by atoms with Crippen LogP contribution in [0, 0.1) is 6.92 Å². The predicted octanol–water partition coefficient (Wildman–Crippen LogP) is 3.46. The Hall–Kier alpha value is -4.93. The van der Waals surface area contributed by atoms with Crippen LogP contribution in [-0.2, 0) is 21.4 Å². The molecule has 1 aromatic heterocycles. The number of benzene rings is 2. The standard InChI is InChI=1S/C29H27N3O8/c1-13-24(35)22(15(3)33)26-23(25(13)36)29(4)19(39-26)12-18(34)21(27(29)37)14(2)30-11-10-20-31-28(32-40-20)16-6-8-17(38-5)9-7-16/h6-9,12,30,35-36H,10-11H2,1-5H3/t29-/m0/s1. The first-order valence-corrected chi connectivity index (χ1v) is 12.5. The molecule has 2 aliphatic rings. The number of ketones is 3. The number of methoxy groups -OCH3 is 1. The number of rotatable bonds is 7. The minimum absolute atomic E-state index is 0.0197. The van der Waals surface area contributed by atoms with Gasteiger partial charge in [0, 0.05) is 35.9 Å². The number of aromatic hydroxyl groups is 2. The van der Waals surface area contributed by atoms with E-state index in [2.05, 4.69) is 15.5 Å². The number of nitrogens with zero attached hydrogens (tertiary/aromatic N) is 2. The van der Waals surface area contributed by atoms with Gasteiger partial charge in [0.15, 0.2) is 17.3 Å². The van der Waals surface area contributed by atoms with Crippen LogP contribution < -0.4 is 14.8 Å². The van der Waals surface area contributed by atoms with E-state index in [1.165, 1.54) is 26.8 Å². The second kappa shape index (κ2) is 9.67. The normalized spacial score (nSPS) is 19.0. The summed E-state index contributed by atoms with van der Waals surface area (Å²) in [6.07, 6.45) is 1.50. The second-order valence-electron chi connectivity index (χ2n) is 9.80. The number of hydrogen-bond donors (Lipinski definition) is 3. The van der Waals surface area contributed by atoms with Crippen molar-refractivity contribution < 1.29 is 38.6 Å². The van der Waals surface area contributed by atoms with Crippen molar-refractivity contribution in [3.05, 3.63) is 70.0 Å². The highest BCUT2D eigenvalue weighted by Gasteiger charge is 2.56. The van der Waals surface area contributed by atoms with Crippen molar-refractivity contribution >= 4 is 17.3 Å². The number of ether oxygens (including phenoxy) is 2. The van der Waals surface area contributed by atoms with Crippen molar-refractivity contribution in [3.63, 3.8) is 0 Å². The Morgan fingerprint density at radius 3 is 2.48 bits per heavy atom. The van der Waals surface area contributed by atoms with Crippen LogP contribution in [0.1, 0.15) is 48.1 Å². The van der Waals surface area contributed by atoms with Gasteiger partial charge >= 0.3 is 0 Å². The van der Waals surface area contributed by atoms with Crippen molar-refractivity contribution in [2.45, 2.75) is 39.5 Å². The minimum Gasteiger partial charge on any atom is -0.507 e. The number of Topliss-reactive ketones (excluding diaryl/α,β-unsaturated/α-hetero) is 2. The largest absolute Gasteiger partial charge is 0.507 e. The van der Waals surface area contributed by atoms with Crippen molar-refractivity contribution in [3.8, 4) is 34.4 Å². The summed E-state index contributed by atoms with van der Waals surface area (Å²) >= 11 is 0. The molecule has 0 saturated heterocycles. The van der Waals surface area contributed by atoms with Gasteiger partial charge in [-0.1, -0.05) is 5.16 Å². The van der Waals surface area contributed by atoms with Gasteiger partial charge < -0.3 is 29.5 Å². The van der Waals surface area contributed by atoms with Crippen LogP contribution in [0.4, 0.5) is 0 Å². The van der Waals surface area contributed by atoms with Gasteiger partial charge in [0.05, 0.1) is 18.2 Å². The summed E-state index contributed by atoms with van der Waals surface area (Å²) in [5, 5.41) is 28.5. The highest BCUT2D eigenvalue weighted by Crippen LogP contribution is 2.57. The van der Waals surface area contributed by atoms with E-state index in [0.717, 1.165) is 5.56 Å². The highest BCUT2D eigenvalue weighted by atomic mass is 16.5. The predicted molar refractivity (Wildman–Crippen MR) is 141 cm³/mol. The van der Waals surface area contributed by atoms with E-state index < -0.39 is 28.5 Å². The maximum absolute atomic E-state index is 13.9. The van der Waals surface area contributed by atoms with E-state index in [-0.39, 0.29) is 46.1 Å². The molecule has 1 atom stereocenters. The summed E-state index contributed by atoms with van der Waals surface area (Å²) < 4.78 is 16.3. The average molecular weight is 546 g/mol. The molecule has 2 aromatic carbocycles. The molecule has 0 amide bonds. The molecule has 0 bridgehead atoms. The van der Waals surface area contributed by atoms with Gasteiger partial charge in [0.25, 0.3) is 0 Å². The molecule has 206 valence electrons. The fourth-order valence-electron chi connectivity index (χ4n) is 5.02. The highest BCUT2D eigenvalue weighted by molar-refractivity contribution is 6.31. The Morgan fingerprint density at radius 1 is 1.12 bits per heavy atom. The van der Waals surface area contributed by atoms with Crippen LogP contribution >= 0.6 is 0 Å². The molecule has 0 unspecified atom stereocenters. The first-order chi connectivity index (χ1) is 19.0. The monoisotopic (exact) mass is 545 g/mol. The van der Waals surface area contributed by atoms with E-state index in [1.54, 1.807) is 26.2 Å². The molecule has 0 radical (unpaired) electrons. The number of nitrogens with one attached hydrogen (secondary N) is 1. The van der Waals surface area contributed by atoms with Gasteiger partial charge in [-0.05, 0) is 52.0 Å². The zero-order chi connectivity index (χ0) is 28.9. The van der Waals surface area contributed by atoms with Gasteiger partial charge in [-0.15, -0.1) is 0 Å². The maximum atomic E-state index is 13.9. The number of phenolic OH excluding ortho intramolecular Hbond substituents is 2. The average Bonchev–Trinajstić information content (AvgIpc) is 3.50. The van der Waals surface area contributed by atoms with Gasteiger partial charge in [0.1, 0.15) is 39.7 Å². The third kappa shape index (κ3) is 4.01. The molecule has 5 rings (SSSR count). The molecule has 3 aromatic rings. The molecule has 1 aliphatic carbocycles. The summed E-state index contributed by atoms with van der Waals surface area (Å²) in [5.74, 6) is -1.17. The zero-order valence-corrected chi connectivity index (χ0v) is 22.5. The minimum atomic E-state index is -1.58. The first-order valence-electron chi connectivity index (χ1n) is 12.5. The molecule has 40 heavy (non-hydrogen) atoms. The number of carbonyl (C=O) groups excluding carboxylic acids is 3. The van der Waals surface area contributed by atoms with Gasteiger partial charge in [0.2, 0.25) is 11.7 Å². The van der Waals surface area contributed by atoms with Crippen LogP contribution in [0.5, 0.6) is 23.0 Å². The van der Waals surface area contributed by atoms with E-state index in [4.69, 9.17) is 14.0 Å². The van der Waals surface area contributed by atoms with E-state index in [1.807, 2.05) is 12.1 Å². The molecule has 0 fully saturated rings. The molecule has 1 aliphatic heterocycles. The number of aromatic nitrogens is 2. The first kappa shape index (κ1) is 26.7. The molecule has 11 nitrogen and oxygen atoms in total. The third-order valence-electron chi connectivity index (χ3n) is 7.31. The smallest absolute Gasteiger partial charge is 0.228 e. The van der Waals surface area contributed by atoms with E-state index >= 15 is 0 Å². The van der Waals surface area contributed by atoms with Crippen LogP contribution in [-0.4, -0.2) is 51.4 Å². The Morgan fingerprint density at radius 2 is 1.82 bits per heavy atom. The summed E-state index contributed by atoms with van der Waals surface area (Å²) in [4.78, 5) is 43.6. The number of carbonyl (C=O) groups is 3. The molecule has 0 saturated carbocycles. The number of hydrogen-bond acceptors (Lipinski definition) is 11. The Bertz CT molecular complexity index is 1650. The summed E-state index contributed by atoms with van der Waals surface area (Å²) in [7, 11) is 1.58. The fraction of sp³-hybridized carbons (Fsp3) is 0.276. The fourth-order valence-corrected chi connectivity index (χ4v) is 5.02. The lowest BCUT2D eigenvalue weighted by Crippen LogP contribution is -2.41. The van der Waals surface area contributed by atoms with Crippen molar-refractivity contribution in [1.82, 2.24) is 15.5 Å². The van der Waals surface area contributed by atoms with E-state index in [9.17, 15) is 24.6 Å². The Balaban J connectivity index is 1.39. The molecule has 0 spiro atoms. The Kier molecular flexibility index (Phi) is 6.45. The molecule has 3 N–H and O–H groups in total. The summed E-state index contributed by atoms with van der Waals surface area (Å²) in [6, 6.07) is 7.21. The quantitative estimate of drug-likeness (QED) is 0.226. The summed E-state index contributed by atoms with van der Waals surface area (Å²) in [5.41, 5.74) is -0.689. The van der Waals surface area contributed by atoms with Gasteiger partial charge in [-0.25, -0.2) is 0 Å². The van der Waals surface area contributed by atoms with Crippen LogP contribution in [0.25, 0.3) is 11.4 Å². The van der Waals surface area contributed by atoms with Crippen molar-refractivity contribution in [1.29, 1.82) is 0 Å². The molecular weight excluding hydrogens is 518 g/mol.